The number of fused-ring (bicyclic) bond motifs is 1. The second-order valence-corrected chi connectivity index (χ2v) is 6.16. The van der Waals surface area contributed by atoms with Gasteiger partial charge >= 0.3 is 0 Å². The SMILES string of the molecule is O=C(CS(=O)Cc1ccccc1)c1ccc2c(c1)OCO2. The largest absolute Gasteiger partial charge is 0.454 e. The quantitative estimate of drug-likeness (QED) is 0.797. The van der Waals surface area contributed by atoms with Crippen LogP contribution < -0.4 is 9.47 Å². The molecule has 0 radical (unpaired) electrons. The lowest BCUT2D eigenvalue weighted by atomic mass is 10.1. The molecule has 1 aliphatic heterocycles. The molecule has 0 amide bonds. The first-order chi connectivity index (χ1) is 10.2. The third kappa shape index (κ3) is 3.31. The van der Waals surface area contributed by atoms with Gasteiger partial charge in [0.25, 0.3) is 0 Å². The molecule has 0 aliphatic carbocycles. The van der Waals surface area contributed by atoms with E-state index in [1.165, 1.54) is 0 Å². The van der Waals surface area contributed by atoms with E-state index in [4.69, 9.17) is 9.47 Å². The minimum absolute atomic E-state index is 0.00847. The van der Waals surface area contributed by atoms with Crippen LogP contribution in [0.4, 0.5) is 0 Å². The van der Waals surface area contributed by atoms with Crippen LogP contribution in [0.25, 0.3) is 0 Å². The fourth-order valence-corrected chi connectivity index (χ4v) is 3.24. The number of carbonyl (C=O) groups is 1. The summed E-state index contributed by atoms with van der Waals surface area (Å²) in [7, 11) is -1.22. The molecule has 21 heavy (non-hydrogen) atoms. The van der Waals surface area contributed by atoms with Crippen molar-refractivity contribution in [2.24, 2.45) is 0 Å². The van der Waals surface area contributed by atoms with Crippen molar-refractivity contribution in [2.45, 2.75) is 5.75 Å². The molecular formula is C16H14O4S. The number of hydrogen-bond donors (Lipinski definition) is 0. The van der Waals surface area contributed by atoms with Gasteiger partial charge in [-0.1, -0.05) is 30.3 Å². The van der Waals surface area contributed by atoms with Crippen molar-refractivity contribution in [1.82, 2.24) is 0 Å². The summed E-state index contributed by atoms with van der Waals surface area (Å²) in [5.74, 6) is 1.44. The summed E-state index contributed by atoms with van der Waals surface area (Å²) in [5.41, 5.74) is 1.47. The predicted octanol–water partition coefficient (Wildman–Crippen LogP) is 2.55. The average molecular weight is 302 g/mol. The smallest absolute Gasteiger partial charge is 0.231 e. The molecule has 0 spiro atoms. The van der Waals surface area contributed by atoms with E-state index in [-0.39, 0.29) is 18.3 Å². The zero-order valence-electron chi connectivity index (χ0n) is 11.3. The van der Waals surface area contributed by atoms with Crippen molar-refractivity contribution in [3.05, 3.63) is 59.7 Å². The average Bonchev–Trinajstić information content (AvgIpc) is 2.95. The highest BCUT2D eigenvalue weighted by molar-refractivity contribution is 7.85. The molecule has 1 unspecified atom stereocenters. The maximum Gasteiger partial charge on any atom is 0.231 e. The van der Waals surface area contributed by atoms with Gasteiger partial charge in [-0.05, 0) is 23.8 Å². The molecule has 0 fully saturated rings. The molecule has 0 aromatic heterocycles. The van der Waals surface area contributed by atoms with Crippen molar-refractivity contribution < 1.29 is 18.5 Å². The minimum atomic E-state index is -1.22. The number of hydrogen-bond acceptors (Lipinski definition) is 4. The molecule has 1 atom stereocenters. The van der Waals surface area contributed by atoms with E-state index < -0.39 is 10.8 Å². The van der Waals surface area contributed by atoms with Gasteiger partial charge in [-0.25, -0.2) is 0 Å². The second-order valence-electron chi connectivity index (χ2n) is 4.71. The van der Waals surface area contributed by atoms with E-state index in [0.29, 0.717) is 22.8 Å². The molecule has 3 rings (SSSR count). The van der Waals surface area contributed by atoms with Crippen molar-refractivity contribution >= 4 is 16.6 Å². The van der Waals surface area contributed by atoms with Crippen LogP contribution in [0.1, 0.15) is 15.9 Å². The van der Waals surface area contributed by atoms with Crippen LogP contribution >= 0.6 is 0 Å². The first kappa shape index (κ1) is 13.8. The van der Waals surface area contributed by atoms with Crippen LogP contribution in [-0.4, -0.2) is 22.5 Å². The molecular weight excluding hydrogens is 288 g/mol. The van der Waals surface area contributed by atoms with Gasteiger partial charge in [0.05, 0.1) is 5.75 Å². The Balaban J connectivity index is 1.65. The van der Waals surface area contributed by atoms with E-state index in [9.17, 15) is 9.00 Å². The molecule has 0 saturated heterocycles. The number of Topliss-reactive ketones (excluding diaryl/α,β-unsaturated/α-hetero) is 1. The summed E-state index contributed by atoms with van der Waals surface area (Å²) in [6, 6.07) is 14.5. The van der Waals surface area contributed by atoms with E-state index >= 15 is 0 Å². The van der Waals surface area contributed by atoms with Crippen molar-refractivity contribution in [1.29, 1.82) is 0 Å². The topological polar surface area (TPSA) is 52.6 Å². The first-order valence-corrected chi connectivity index (χ1v) is 8.03. The molecule has 4 nitrogen and oxygen atoms in total. The summed E-state index contributed by atoms with van der Waals surface area (Å²) in [4.78, 5) is 12.2. The molecule has 108 valence electrons. The Hall–Kier alpha value is -2.14. The van der Waals surface area contributed by atoms with E-state index in [1.54, 1.807) is 18.2 Å². The molecule has 0 N–H and O–H groups in total. The third-order valence-corrected chi connectivity index (χ3v) is 4.40. The fourth-order valence-electron chi connectivity index (χ4n) is 2.11. The van der Waals surface area contributed by atoms with Crippen molar-refractivity contribution in [3.8, 4) is 11.5 Å². The van der Waals surface area contributed by atoms with Crippen molar-refractivity contribution in [3.63, 3.8) is 0 Å². The van der Waals surface area contributed by atoms with Gasteiger partial charge in [-0.3, -0.25) is 9.00 Å². The van der Waals surface area contributed by atoms with Crippen LogP contribution in [0.2, 0.25) is 0 Å². The summed E-state index contributed by atoms with van der Waals surface area (Å²) in [6.45, 7) is 0.174. The Kier molecular flexibility index (Phi) is 4.01. The Morgan fingerprint density at radius 3 is 2.62 bits per heavy atom. The molecule has 0 bridgehead atoms. The Labute approximate surface area is 125 Å². The van der Waals surface area contributed by atoms with Gasteiger partial charge in [-0.15, -0.1) is 0 Å². The number of ether oxygens (including phenoxy) is 2. The highest BCUT2D eigenvalue weighted by atomic mass is 32.2. The molecule has 2 aromatic rings. The standard InChI is InChI=1S/C16H14O4S/c17-14(10-21(18)9-12-4-2-1-3-5-12)13-6-7-15-16(8-13)20-11-19-15/h1-8H,9-11H2. The van der Waals surface area contributed by atoms with Crippen LogP contribution in [-0.2, 0) is 16.6 Å². The number of carbonyl (C=O) groups excluding carboxylic acids is 1. The van der Waals surface area contributed by atoms with E-state index in [1.807, 2.05) is 30.3 Å². The molecule has 0 saturated carbocycles. The number of ketones is 1. The van der Waals surface area contributed by atoms with E-state index in [0.717, 1.165) is 5.56 Å². The van der Waals surface area contributed by atoms with Crippen LogP contribution in [0.15, 0.2) is 48.5 Å². The lowest BCUT2D eigenvalue weighted by Crippen LogP contribution is -2.12. The predicted molar refractivity (Wildman–Crippen MR) is 80.1 cm³/mol. The Morgan fingerprint density at radius 2 is 1.81 bits per heavy atom. The number of rotatable bonds is 5. The molecule has 5 heteroatoms. The highest BCUT2D eigenvalue weighted by Crippen LogP contribution is 2.32. The lowest BCUT2D eigenvalue weighted by molar-refractivity contribution is 0.102. The maximum absolute atomic E-state index is 12.2. The fraction of sp³-hybridized carbons (Fsp3) is 0.188. The number of benzene rings is 2. The minimum Gasteiger partial charge on any atom is -0.454 e. The Morgan fingerprint density at radius 1 is 1.05 bits per heavy atom. The normalized spacial score (nSPS) is 13.9. The van der Waals surface area contributed by atoms with Gasteiger partial charge < -0.3 is 9.47 Å². The van der Waals surface area contributed by atoms with Crippen molar-refractivity contribution in [2.75, 3.05) is 12.5 Å². The Bertz CT molecular complexity index is 682. The molecule has 1 heterocycles. The lowest BCUT2D eigenvalue weighted by Gasteiger charge is -2.04. The van der Waals surface area contributed by atoms with Gasteiger partial charge in [0.2, 0.25) is 6.79 Å². The van der Waals surface area contributed by atoms with Gasteiger partial charge in [0, 0.05) is 22.1 Å². The summed E-state index contributed by atoms with van der Waals surface area (Å²) >= 11 is 0. The summed E-state index contributed by atoms with van der Waals surface area (Å²) in [6.07, 6.45) is 0. The zero-order chi connectivity index (χ0) is 14.7. The van der Waals surface area contributed by atoms with Gasteiger partial charge in [0.15, 0.2) is 17.3 Å². The molecule has 1 aliphatic rings. The first-order valence-electron chi connectivity index (χ1n) is 6.54. The zero-order valence-corrected chi connectivity index (χ0v) is 12.1. The summed E-state index contributed by atoms with van der Waals surface area (Å²) < 4.78 is 22.5. The van der Waals surface area contributed by atoms with E-state index in [2.05, 4.69) is 0 Å². The van der Waals surface area contributed by atoms with Gasteiger partial charge in [0.1, 0.15) is 0 Å². The maximum atomic E-state index is 12.2. The molecule has 2 aromatic carbocycles. The van der Waals surface area contributed by atoms with Crippen LogP contribution in [0, 0.1) is 0 Å². The van der Waals surface area contributed by atoms with Crippen LogP contribution in [0.5, 0.6) is 11.5 Å². The van der Waals surface area contributed by atoms with Gasteiger partial charge in [-0.2, -0.15) is 0 Å². The second kappa shape index (κ2) is 6.10. The third-order valence-electron chi connectivity index (χ3n) is 3.16. The monoisotopic (exact) mass is 302 g/mol. The summed E-state index contributed by atoms with van der Waals surface area (Å²) in [5, 5.41) is 0. The highest BCUT2D eigenvalue weighted by Gasteiger charge is 2.17. The van der Waals surface area contributed by atoms with Crippen LogP contribution in [0.3, 0.4) is 0 Å².